The van der Waals surface area contributed by atoms with E-state index in [1.807, 2.05) is 0 Å². The Kier molecular flexibility index (Phi) is 3.05. The van der Waals surface area contributed by atoms with Crippen molar-refractivity contribution < 1.29 is 15.1 Å². The number of aliphatic hydroxyl groups excluding tert-OH is 1. The topological polar surface area (TPSA) is 106 Å². The first kappa shape index (κ1) is 11.2. The molecule has 0 unspecified atom stereocenters. The van der Waals surface area contributed by atoms with Crippen LogP contribution in [0.1, 0.15) is 5.56 Å². The fourth-order valence-electron chi connectivity index (χ4n) is 1.28. The molecule has 0 aliphatic carbocycles. The average molecular weight is 214 g/mol. The molecule has 0 amide bonds. The SMILES string of the molecule is Cc1cc(O)n(CCO)c(=O)c1[N+](=O)[O-]. The molecule has 0 aliphatic heterocycles. The standard InChI is InChI=1S/C8H10N2O5/c1-5-4-6(12)9(2-3-11)8(13)7(5)10(14)15/h4,11-12H,2-3H2,1H3. The highest BCUT2D eigenvalue weighted by atomic mass is 16.6. The molecule has 7 nitrogen and oxygen atoms in total. The molecule has 1 aromatic heterocycles. The predicted molar refractivity (Wildman–Crippen MR) is 50.8 cm³/mol. The smallest absolute Gasteiger partial charge is 0.337 e. The van der Waals surface area contributed by atoms with Gasteiger partial charge < -0.3 is 10.2 Å². The number of aromatic nitrogens is 1. The Balaban J connectivity index is 3.49. The van der Waals surface area contributed by atoms with Crippen molar-refractivity contribution in [1.82, 2.24) is 4.57 Å². The lowest BCUT2D eigenvalue weighted by Gasteiger charge is -2.07. The van der Waals surface area contributed by atoms with E-state index in [0.29, 0.717) is 0 Å². The Morgan fingerprint density at radius 1 is 1.60 bits per heavy atom. The molecule has 2 N–H and O–H groups in total. The molecule has 0 aromatic carbocycles. The minimum Gasteiger partial charge on any atom is -0.494 e. The summed E-state index contributed by atoms with van der Waals surface area (Å²) in [4.78, 5) is 21.3. The molecule has 1 heterocycles. The Hall–Kier alpha value is -1.89. The third-order valence-corrected chi connectivity index (χ3v) is 1.95. The molecular formula is C8H10N2O5. The molecule has 0 aliphatic rings. The molecule has 0 spiro atoms. The highest BCUT2D eigenvalue weighted by molar-refractivity contribution is 5.39. The van der Waals surface area contributed by atoms with E-state index in [1.165, 1.54) is 6.92 Å². The fourth-order valence-corrected chi connectivity index (χ4v) is 1.28. The van der Waals surface area contributed by atoms with Crippen molar-refractivity contribution in [1.29, 1.82) is 0 Å². The maximum Gasteiger partial charge on any atom is 0.337 e. The number of aromatic hydroxyl groups is 1. The molecule has 0 fully saturated rings. The van der Waals surface area contributed by atoms with E-state index in [9.17, 15) is 20.0 Å². The Morgan fingerprint density at radius 3 is 2.67 bits per heavy atom. The number of nitrogens with zero attached hydrogens (tertiary/aromatic N) is 2. The fraction of sp³-hybridized carbons (Fsp3) is 0.375. The maximum atomic E-state index is 11.5. The van der Waals surface area contributed by atoms with Gasteiger partial charge in [0.25, 0.3) is 0 Å². The lowest BCUT2D eigenvalue weighted by atomic mass is 10.2. The predicted octanol–water partition coefficient (Wildman–Crippen LogP) is -0.237. The summed E-state index contributed by atoms with van der Waals surface area (Å²) in [5.41, 5.74) is -1.40. The van der Waals surface area contributed by atoms with E-state index in [2.05, 4.69) is 0 Å². The summed E-state index contributed by atoms with van der Waals surface area (Å²) < 4.78 is 0.755. The van der Waals surface area contributed by atoms with Crippen molar-refractivity contribution in [3.8, 4) is 5.88 Å². The van der Waals surface area contributed by atoms with Crippen molar-refractivity contribution in [3.63, 3.8) is 0 Å². The number of pyridine rings is 1. The van der Waals surface area contributed by atoms with Crippen molar-refractivity contribution in [2.24, 2.45) is 0 Å². The van der Waals surface area contributed by atoms with Crippen molar-refractivity contribution in [2.75, 3.05) is 6.61 Å². The minimum atomic E-state index is -0.911. The third kappa shape index (κ3) is 1.96. The van der Waals surface area contributed by atoms with E-state index in [0.717, 1.165) is 10.6 Å². The van der Waals surface area contributed by atoms with Crippen molar-refractivity contribution in [2.45, 2.75) is 13.5 Å². The Bertz CT molecular complexity index is 451. The summed E-state index contributed by atoms with van der Waals surface area (Å²) in [7, 11) is 0. The maximum absolute atomic E-state index is 11.5. The van der Waals surface area contributed by atoms with Gasteiger partial charge in [0.1, 0.15) is 0 Å². The van der Waals surface area contributed by atoms with Gasteiger partial charge in [0.15, 0.2) is 5.88 Å². The zero-order valence-electron chi connectivity index (χ0n) is 8.01. The van der Waals surface area contributed by atoms with E-state index in [-0.39, 0.29) is 18.7 Å². The number of hydrogen-bond donors (Lipinski definition) is 2. The minimum absolute atomic E-state index is 0.0942. The number of nitro groups is 1. The average Bonchev–Trinajstić information content (AvgIpc) is 2.11. The largest absolute Gasteiger partial charge is 0.494 e. The number of hydrogen-bond acceptors (Lipinski definition) is 5. The molecule has 0 radical (unpaired) electrons. The van der Waals surface area contributed by atoms with Gasteiger partial charge in [0, 0.05) is 11.6 Å². The van der Waals surface area contributed by atoms with Crippen LogP contribution in [0.2, 0.25) is 0 Å². The molecule has 1 aromatic rings. The van der Waals surface area contributed by atoms with Crippen LogP contribution in [0.3, 0.4) is 0 Å². The molecule has 1 rings (SSSR count). The number of rotatable bonds is 3. The van der Waals surface area contributed by atoms with Gasteiger partial charge in [0.2, 0.25) is 0 Å². The van der Waals surface area contributed by atoms with E-state index in [1.54, 1.807) is 0 Å². The van der Waals surface area contributed by atoms with Crippen molar-refractivity contribution in [3.05, 3.63) is 32.1 Å². The second-order valence-electron chi connectivity index (χ2n) is 2.97. The first-order valence-corrected chi connectivity index (χ1v) is 4.17. The lowest BCUT2D eigenvalue weighted by Crippen LogP contribution is -2.24. The van der Waals surface area contributed by atoms with Crippen LogP contribution in [0.15, 0.2) is 10.9 Å². The van der Waals surface area contributed by atoms with Crippen LogP contribution in [0.25, 0.3) is 0 Å². The van der Waals surface area contributed by atoms with Crippen LogP contribution in [0.5, 0.6) is 5.88 Å². The lowest BCUT2D eigenvalue weighted by molar-refractivity contribution is -0.387. The molecule has 15 heavy (non-hydrogen) atoms. The molecular weight excluding hydrogens is 204 g/mol. The Morgan fingerprint density at radius 2 is 2.20 bits per heavy atom. The van der Waals surface area contributed by atoms with Crippen LogP contribution in [0.4, 0.5) is 5.69 Å². The van der Waals surface area contributed by atoms with Crippen LogP contribution in [0, 0.1) is 17.0 Å². The number of aliphatic hydroxyl groups is 1. The summed E-state index contributed by atoms with van der Waals surface area (Å²) in [5.74, 6) is -0.392. The monoisotopic (exact) mass is 214 g/mol. The van der Waals surface area contributed by atoms with E-state index < -0.39 is 22.0 Å². The van der Waals surface area contributed by atoms with Crippen molar-refractivity contribution >= 4 is 5.69 Å². The van der Waals surface area contributed by atoms with Gasteiger partial charge in [0.05, 0.1) is 18.1 Å². The van der Waals surface area contributed by atoms with Gasteiger partial charge in [-0.2, -0.15) is 0 Å². The van der Waals surface area contributed by atoms with Gasteiger partial charge in [-0.15, -0.1) is 0 Å². The number of aryl methyl sites for hydroxylation is 1. The zero-order chi connectivity index (χ0) is 11.6. The van der Waals surface area contributed by atoms with Gasteiger partial charge in [-0.25, -0.2) is 0 Å². The molecule has 7 heteroatoms. The van der Waals surface area contributed by atoms with Crippen LogP contribution in [-0.4, -0.2) is 26.3 Å². The summed E-state index contributed by atoms with van der Waals surface area (Å²) in [5, 5.41) is 28.5. The summed E-state index contributed by atoms with van der Waals surface area (Å²) in [6.07, 6.45) is 0. The molecule has 82 valence electrons. The summed E-state index contributed by atoms with van der Waals surface area (Å²) in [6, 6.07) is 1.12. The van der Waals surface area contributed by atoms with Gasteiger partial charge >= 0.3 is 11.2 Å². The molecule has 0 bridgehead atoms. The van der Waals surface area contributed by atoms with Crippen LogP contribution >= 0.6 is 0 Å². The summed E-state index contributed by atoms with van der Waals surface area (Å²) >= 11 is 0. The summed E-state index contributed by atoms with van der Waals surface area (Å²) in [6.45, 7) is 0.808. The van der Waals surface area contributed by atoms with Crippen LogP contribution in [-0.2, 0) is 6.54 Å². The second kappa shape index (κ2) is 4.09. The quantitative estimate of drug-likeness (QED) is 0.533. The molecule has 0 atom stereocenters. The zero-order valence-corrected chi connectivity index (χ0v) is 8.01. The molecule has 0 saturated heterocycles. The van der Waals surface area contributed by atoms with Gasteiger partial charge in [-0.3, -0.25) is 19.5 Å². The van der Waals surface area contributed by atoms with E-state index >= 15 is 0 Å². The molecule has 0 saturated carbocycles. The normalized spacial score (nSPS) is 10.3. The third-order valence-electron chi connectivity index (χ3n) is 1.95. The highest BCUT2D eigenvalue weighted by Crippen LogP contribution is 2.17. The van der Waals surface area contributed by atoms with E-state index in [4.69, 9.17) is 5.11 Å². The van der Waals surface area contributed by atoms with Crippen LogP contribution < -0.4 is 5.56 Å². The Labute approximate surface area is 84.4 Å². The first-order chi connectivity index (χ1) is 6.99. The second-order valence-corrected chi connectivity index (χ2v) is 2.97. The highest BCUT2D eigenvalue weighted by Gasteiger charge is 2.20. The van der Waals surface area contributed by atoms with Gasteiger partial charge in [-0.05, 0) is 6.92 Å². The first-order valence-electron chi connectivity index (χ1n) is 4.17. The van der Waals surface area contributed by atoms with Gasteiger partial charge in [-0.1, -0.05) is 0 Å².